The largest absolute Gasteiger partial charge is 0.318 e. The number of halogens is 2. The van der Waals surface area contributed by atoms with E-state index < -0.39 is 0 Å². The molecule has 1 nitrogen and oxygen atoms in total. The summed E-state index contributed by atoms with van der Waals surface area (Å²) in [6.07, 6.45) is 0. The predicted octanol–water partition coefficient (Wildman–Crippen LogP) is 4.15. The zero-order valence-corrected chi connectivity index (χ0v) is 9.89. The van der Waals surface area contributed by atoms with Gasteiger partial charge in [0.1, 0.15) is 10.3 Å². The first-order valence-corrected chi connectivity index (χ1v) is 5.49. The van der Waals surface area contributed by atoms with E-state index in [1.54, 1.807) is 0 Å². The Kier molecular flexibility index (Phi) is 3.03. The summed E-state index contributed by atoms with van der Waals surface area (Å²) >= 11 is 12.2. The van der Waals surface area contributed by atoms with Gasteiger partial charge in [-0.15, -0.1) is 0 Å². The fourth-order valence-electron chi connectivity index (χ4n) is 1.53. The summed E-state index contributed by atoms with van der Waals surface area (Å²) in [7, 11) is 0. The van der Waals surface area contributed by atoms with Crippen LogP contribution in [0.15, 0.2) is 36.4 Å². The van der Waals surface area contributed by atoms with Gasteiger partial charge in [0.15, 0.2) is 0 Å². The van der Waals surface area contributed by atoms with E-state index in [1.165, 1.54) is 5.56 Å². The minimum absolute atomic E-state index is 0.682. The Bertz CT molecular complexity index is 460. The maximum absolute atomic E-state index is 6.14. The Balaban J connectivity index is 2.32. The van der Waals surface area contributed by atoms with Crippen molar-refractivity contribution >= 4 is 23.2 Å². The third-order valence-corrected chi connectivity index (χ3v) is 3.15. The normalized spacial score (nSPS) is 10.6. The van der Waals surface area contributed by atoms with Crippen molar-refractivity contribution in [2.45, 2.75) is 13.5 Å². The summed E-state index contributed by atoms with van der Waals surface area (Å²) in [6.45, 7) is 2.67. The summed E-state index contributed by atoms with van der Waals surface area (Å²) in [6, 6.07) is 12.0. The number of aromatic nitrogens is 1. The summed E-state index contributed by atoms with van der Waals surface area (Å²) in [4.78, 5) is 0. The smallest absolute Gasteiger partial charge is 0.113 e. The molecule has 0 fully saturated rings. The van der Waals surface area contributed by atoms with Crippen LogP contribution >= 0.6 is 23.2 Å². The molecule has 0 N–H and O–H groups in total. The van der Waals surface area contributed by atoms with E-state index in [0.717, 1.165) is 5.56 Å². The number of hydrogen-bond acceptors (Lipinski definition) is 0. The lowest BCUT2D eigenvalue weighted by atomic mass is 10.2. The molecule has 0 spiro atoms. The number of aryl methyl sites for hydroxylation is 1. The van der Waals surface area contributed by atoms with E-state index in [-0.39, 0.29) is 0 Å². The topological polar surface area (TPSA) is 4.93 Å². The summed E-state index contributed by atoms with van der Waals surface area (Å²) in [5, 5.41) is 1.39. The molecule has 1 aromatic carbocycles. The first kappa shape index (κ1) is 10.6. The zero-order chi connectivity index (χ0) is 10.8. The van der Waals surface area contributed by atoms with Crippen molar-refractivity contribution in [3.8, 4) is 0 Å². The molecule has 78 valence electrons. The van der Waals surface area contributed by atoms with Gasteiger partial charge >= 0.3 is 0 Å². The Labute approximate surface area is 99.2 Å². The lowest BCUT2D eigenvalue weighted by molar-refractivity contribution is 0.806. The summed E-state index contributed by atoms with van der Waals surface area (Å²) < 4.78 is 1.90. The molecule has 1 heterocycles. The van der Waals surface area contributed by atoms with Crippen LogP contribution in [-0.2, 0) is 6.54 Å². The van der Waals surface area contributed by atoms with E-state index in [4.69, 9.17) is 23.2 Å². The molecule has 1 aromatic heterocycles. The van der Waals surface area contributed by atoms with Crippen molar-refractivity contribution in [3.05, 3.63) is 57.8 Å². The van der Waals surface area contributed by atoms with Crippen LogP contribution in [0.25, 0.3) is 0 Å². The van der Waals surface area contributed by atoms with E-state index in [2.05, 4.69) is 12.1 Å². The standard InChI is InChI=1S/C12H11Cl2N/c1-9-7-11(13)15(12(9)14)8-10-5-3-2-4-6-10/h2-7H,8H2,1H3. The Morgan fingerprint density at radius 1 is 1.13 bits per heavy atom. The Hall–Kier alpha value is -0.920. The van der Waals surface area contributed by atoms with E-state index >= 15 is 0 Å². The maximum atomic E-state index is 6.14. The van der Waals surface area contributed by atoms with Gasteiger partial charge in [-0.3, -0.25) is 0 Å². The first-order valence-electron chi connectivity index (χ1n) is 4.73. The highest BCUT2D eigenvalue weighted by molar-refractivity contribution is 6.34. The molecule has 0 aliphatic carbocycles. The molecular weight excluding hydrogens is 229 g/mol. The average Bonchev–Trinajstić information content (AvgIpc) is 2.47. The maximum Gasteiger partial charge on any atom is 0.113 e. The lowest BCUT2D eigenvalue weighted by Gasteiger charge is -2.06. The van der Waals surface area contributed by atoms with Crippen LogP contribution in [-0.4, -0.2) is 4.57 Å². The highest BCUT2D eigenvalue weighted by Crippen LogP contribution is 2.25. The number of rotatable bonds is 2. The molecule has 0 radical (unpaired) electrons. The quantitative estimate of drug-likeness (QED) is 0.743. The molecule has 0 aliphatic rings. The molecule has 3 heteroatoms. The monoisotopic (exact) mass is 239 g/mol. The van der Waals surface area contributed by atoms with E-state index in [9.17, 15) is 0 Å². The van der Waals surface area contributed by atoms with Crippen molar-refractivity contribution in [2.75, 3.05) is 0 Å². The van der Waals surface area contributed by atoms with Gasteiger partial charge < -0.3 is 4.57 Å². The molecule has 0 amide bonds. The second-order valence-electron chi connectivity index (χ2n) is 3.51. The van der Waals surface area contributed by atoms with Crippen LogP contribution in [0.5, 0.6) is 0 Å². The van der Waals surface area contributed by atoms with E-state index in [1.807, 2.05) is 35.8 Å². The zero-order valence-electron chi connectivity index (χ0n) is 8.37. The summed E-state index contributed by atoms with van der Waals surface area (Å²) in [5.74, 6) is 0. The van der Waals surface area contributed by atoms with Gasteiger partial charge in [-0.25, -0.2) is 0 Å². The first-order chi connectivity index (χ1) is 7.18. The van der Waals surface area contributed by atoms with Crippen LogP contribution < -0.4 is 0 Å². The molecule has 0 saturated heterocycles. The molecule has 0 atom stereocenters. The second-order valence-corrected chi connectivity index (χ2v) is 4.26. The van der Waals surface area contributed by atoms with Gasteiger partial charge in [0.25, 0.3) is 0 Å². The number of hydrogen-bond donors (Lipinski definition) is 0. The second kappa shape index (κ2) is 4.30. The van der Waals surface area contributed by atoms with Crippen LogP contribution in [0.2, 0.25) is 10.3 Å². The van der Waals surface area contributed by atoms with Crippen LogP contribution in [0.3, 0.4) is 0 Å². The molecule has 0 unspecified atom stereocenters. The van der Waals surface area contributed by atoms with Gasteiger partial charge in [-0.2, -0.15) is 0 Å². The SMILES string of the molecule is Cc1cc(Cl)n(Cc2ccccc2)c1Cl. The fourth-order valence-corrected chi connectivity index (χ4v) is 2.09. The molecule has 15 heavy (non-hydrogen) atoms. The number of nitrogens with zero attached hydrogens (tertiary/aromatic N) is 1. The lowest BCUT2D eigenvalue weighted by Crippen LogP contribution is -1.99. The van der Waals surface area contributed by atoms with Crippen LogP contribution in [0, 0.1) is 6.92 Å². The minimum atomic E-state index is 0.682. The third-order valence-electron chi connectivity index (χ3n) is 2.34. The fraction of sp³-hybridized carbons (Fsp3) is 0.167. The van der Waals surface area contributed by atoms with Crippen molar-refractivity contribution in [3.63, 3.8) is 0 Å². The van der Waals surface area contributed by atoms with Crippen LogP contribution in [0.1, 0.15) is 11.1 Å². The molecule has 2 rings (SSSR count). The van der Waals surface area contributed by atoms with Crippen molar-refractivity contribution in [1.82, 2.24) is 4.57 Å². The third kappa shape index (κ3) is 2.19. The van der Waals surface area contributed by atoms with Crippen molar-refractivity contribution < 1.29 is 0 Å². The van der Waals surface area contributed by atoms with Crippen LogP contribution in [0.4, 0.5) is 0 Å². The minimum Gasteiger partial charge on any atom is -0.318 e. The van der Waals surface area contributed by atoms with Gasteiger partial charge in [0, 0.05) is 6.54 Å². The Morgan fingerprint density at radius 2 is 1.80 bits per heavy atom. The highest BCUT2D eigenvalue weighted by atomic mass is 35.5. The number of benzene rings is 1. The molecule has 0 aliphatic heterocycles. The van der Waals surface area contributed by atoms with E-state index in [0.29, 0.717) is 16.9 Å². The van der Waals surface area contributed by atoms with Crippen molar-refractivity contribution in [2.24, 2.45) is 0 Å². The molecule has 0 saturated carbocycles. The molecule has 0 bridgehead atoms. The highest BCUT2D eigenvalue weighted by Gasteiger charge is 2.08. The average molecular weight is 240 g/mol. The van der Waals surface area contributed by atoms with Crippen molar-refractivity contribution in [1.29, 1.82) is 0 Å². The van der Waals surface area contributed by atoms with Gasteiger partial charge in [0.2, 0.25) is 0 Å². The van der Waals surface area contributed by atoms with Gasteiger partial charge in [0.05, 0.1) is 0 Å². The Morgan fingerprint density at radius 3 is 2.33 bits per heavy atom. The van der Waals surface area contributed by atoms with Gasteiger partial charge in [-0.05, 0) is 24.1 Å². The molecular formula is C12H11Cl2N. The van der Waals surface area contributed by atoms with Gasteiger partial charge in [-0.1, -0.05) is 53.5 Å². The molecule has 2 aromatic rings. The summed E-state index contributed by atoms with van der Waals surface area (Å²) in [5.41, 5.74) is 2.20. The predicted molar refractivity (Wildman–Crippen MR) is 64.7 cm³/mol.